The molecule has 3 aromatic heterocycles. The fourth-order valence-electron chi connectivity index (χ4n) is 5.29. The third-order valence-corrected chi connectivity index (χ3v) is 7.63. The summed E-state index contributed by atoms with van der Waals surface area (Å²) in [4.78, 5) is 22.2. The molecule has 6 heterocycles. The van der Waals surface area contributed by atoms with E-state index in [0.717, 1.165) is 40.9 Å². The summed E-state index contributed by atoms with van der Waals surface area (Å²) in [5.74, 6) is 0.809. The van der Waals surface area contributed by atoms with Gasteiger partial charge in [0.05, 0.1) is 16.8 Å². The van der Waals surface area contributed by atoms with Crippen LogP contribution in [0.2, 0.25) is 0 Å². The summed E-state index contributed by atoms with van der Waals surface area (Å²) in [5.41, 5.74) is 3.14. The molecule has 0 radical (unpaired) electrons. The van der Waals surface area contributed by atoms with Gasteiger partial charge in [-0.15, -0.1) is 0 Å². The first kappa shape index (κ1) is 24.5. The number of piperidine rings is 1. The molecule has 12 nitrogen and oxygen atoms in total. The Balaban J connectivity index is 1.38. The number of rotatable bonds is 0. The second-order valence-corrected chi connectivity index (χ2v) is 10.3. The van der Waals surface area contributed by atoms with Crippen LogP contribution in [0.3, 0.4) is 0 Å². The van der Waals surface area contributed by atoms with Crippen molar-refractivity contribution in [1.82, 2.24) is 44.9 Å². The Bertz CT molecular complexity index is 1500. The van der Waals surface area contributed by atoms with E-state index in [-0.39, 0.29) is 5.91 Å². The highest BCUT2D eigenvalue weighted by Crippen LogP contribution is 2.28. The molecule has 4 aromatic rings. The van der Waals surface area contributed by atoms with Gasteiger partial charge in [-0.2, -0.15) is 15.2 Å². The molecule has 1 saturated heterocycles. The van der Waals surface area contributed by atoms with Crippen LogP contribution in [0.5, 0.6) is 0 Å². The highest BCUT2D eigenvalue weighted by atomic mass is 16.3. The lowest BCUT2D eigenvalue weighted by Gasteiger charge is -2.42. The van der Waals surface area contributed by atoms with E-state index in [1.54, 1.807) is 15.6 Å². The summed E-state index contributed by atoms with van der Waals surface area (Å²) in [6.07, 6.45) is 5.46. The first-order valence-electron chi connectivity index (χ1n) is 12.9. The van der Waals surface area contributed by atoms with Crippen molar-refractivity contribution in [3.63, 3.8) is 0 Å². The van der Waals surface area contributed by atoms with Gasteiger partial charge in [-0.1, -0.05) is 0 Å². The van der Waals surface area contributed by atoms with Gasteiger partial charge in [0.25, 0.3) is 5.91 Å². The molecule has 1 amide bonds. The summed E-state index contributed by atoms with van der Waals surface area (Å²) < 4.78 is 3.47. The SMILES string of the molecule is Cc1nn2cc1CN(C)N1CCC(O)(CCNC(=O)c3nn(C)c4ccc(cc34)Nc3nccc-2n3)CC1. The van der Waals surface area contributed by atoms with Gasteiger partial charge in [-0.25, -0.2) is 19.7 Å². The highest BCUT2D eigenvalue weighted by molar-refractivity contribution is 6.05. The first-order chi connectivity index (χ1) is 18.3. The standard InChI is InChI=1S/C26H32N10O2/c1-17-18-15-33(2)35-12-8-26(38,9-13-35)7-11-27-24(37)23-20-14-19(4-5-21(20)34(3)32-23)29-25-28-10-6-22(30-25)36(16-18)31-17/h4-6,10,14,16,38H,7-9,11-13,15H2,1-3H3,(H,27,37)(H,28,29,30). The zero-order chi connectivity index (χ0) is 26.4. The number of fused-ring (bicyclic) bond motifs is 6. The minimum Gasteiger partial charge on any atom is -0.390 e. The van der Waals surface area contributed by atoms with Crippen molar-refractivity contribution in [2.75, 3.05) is 32.0 Å². The second-order valence-electron chi connectivity index (χ2n) is 10.3. The Labute approximate surface area is 220 Å². The van der Waals surface area contributed by atoms with Crippen molar-refractivity contribution in [1.29, 1.82) is 0 Å². The monoisotopic (exact) mass is 516 g/mol. The average Bonchev–Trinajstić information content (AvgIpc) is 3.43. The maximum atomic E-state index is 13.1. The van der Waals surface area contributed by atoms with Crippen LogP contribution in [-0.2, 0) is 13.6 Å². The topological polar surface area (TPSA) is 129 Å². The molecule has 1 aromatic carbocycles. The maximum absolute atomic E-state index is 13.1. The number of carbonyl (C=O) groups excluding carboxylic acids is 1. The second kappa shape index (κ2) is 9.46. The Morgan fingerprint density at radius 3 is 2.71 bits per heavy atom. The third-order valence-electron chi connectivity index (χ3n) is 7.63. The van der Waals surface area contributed by atoms with E-state index in [9.17, 15) is 9.90 Å². The molecule has 0 aliphatic carbocycles. The van der Waals surface area contributed by atoms with Crippen molar-refractivity contribution in [3.8, 4) is 5.82 Å². The number of aryl methyl sites for hydroxylation is 2. The van der Waals surface area contributed by atoms with Crippen molar-refractivity contribution in [3.05, 3.63) is 53.6 Å². The minimum absolute atomic E-state index is 0.262. The number of hydrogen-bond acceptors (Lipinski definition) is 9. The van der Waals surface area contributed by atoms with Crippen LogP contribution in [0.1, 0.15) is 41.0 Å². The molecular formula is C26H32N10O2. The summed E-state index contributed by atoms with van der Waals surface area (Å²) in [6, 6.07) is 7.52. The van der Waals surface area contributed by atoms with E-state index >= 15 is 0 Å². The van der Waals surface area contributed by atoms with Gasteiger partial charge >= 0.3 is 0 Å². The number of hydrogen-bond donors (Lipinski definition) is 3. The zero-order valence-corrected chi connectivity index (χ0v) is 21.8. The van der Waals surface area contributed by atoms with Gasteiger partial charge in [0.1, 0.15) is 0 Å². The quantitative estimate of drug-likeness (QED) is 0.321. The Hall–Kier alpha value is -3.87. The van der Waals surface area contributed by atoms with E-state index in [1.807, 2.05) is 44.4 Å². The molecular weight excluding hydrogens is 484 g/mol. The molecule has 8 bridgehead atoms. The van der Waals surface area contributed by atoms with Crippen LogP contribution in [0.15, 0.2) is 36.7 Å². The summed E-state index contributed by atoms with van der Waals surface area (Å²) in [5, 5.41) is 31.8. The van der Waals surface area contributed by atoms with Gasteiger partial charge < -0.3 is 15.7 Å². The number of aliphatic hydroxyl groups is 1. The maximum Gasteiger partial charge on any atom is 0.272 e. The van der Waals surface area contributed by atoms with Crippen LogP contribution < -0.4 is 10.6 Å². The van der Waals surface area contributed by atoms with Gasteiger partial charge in [0, 0.05) is 75.4 Å². The van der Waals surface area contributed by atoms with Crippen LogP contribution >= 0.6 is 0 Å². The summed E-state index contributed by atoms with van der Waals surface area (Å²) in [7, 11) is 3.88. The lowest BCUT2D eigenvalue weighted by Crippen LogP contribution is -2.51. The van der Waals surface area contributed by atoms with Crippen molar-refractivity contribution < 1.29 is 9.90 Å². The lowest BCUT2D eigenvalue weighted by atomic mass is 9.88. The zero-order valence-electron chi connectivity index (χ0n) is 21.8. The Morgan fingerprint density at radius 1 is 1.08 bits per heavy atom. The number of amides is 1. The van der Waals surface area contributed by atoms with Gasteiger partial charge in [-0.05, 0) is 44.4 Å². The number of carbonyl (C=O) groups is 1. The summed E-state index contributed by atoms with van der Waals surface area (Å²) >= 11 is 0. The molecule has 3 aliphatic heterocycles. The van der Waals surface area contributed by atoms with E-state index in [4.69, 9.17) is 5.10 Å². The van der Waals surface area contributed by atoms with Crippen LogP contribution in [0, 0.1) is 6.92 Å². The Morgan fingerprint density at radius 2 is 1.89 bits per heavy atom. The fraction of sp³-hybridized carbons (Fsp3) is 0.423. The number of nitrogens with zero attached hydrogens (tertiary/aromatic N) is 8. The fourth-order valence-corrected chi connectivity index (χ4v) is 5.29. The molecule has 38 heavy (non-hydrogen) atoms. The number of hydrazine groups is 1. The minimum atomic E-state index is -0.809. The van der Waals surface area contributed by atoms with E-state index in [1.165, 1.54) is 0 Å². The Kier molecular flexibility index (Phi) is 6.09. The van der Waals surface area contributed by atoms with E-state index < -0.39 is 5.60 Å². The largest absolute Gasteiger partial charge is 0.390 e. The molecule has 3 aliphatic rings. The summed E-state index contributed by atoms with van der Waals surface area (Å²) in [6.45, 7) is 4.55. The molecule has 198 valence electrons. The normalized spacial score (nSPS) is 22.7. The smallest absolute Gasteiger partial charge is 0.272 e. The molecule has 0 atom stereocenters. The third kappa shape index (κ3) is 4.62. The molecule has 12 heteroatoms. The number of aromatic nitrogens is 6. The van der Waals surface area contributed by atoms with Gasteiger partial charge in [-0.3, -0.25) is 9.48 Å². The highest BCUT2D eigenvalue weighted by Gasteiger charge is 2.33. The van der Waals surface area contributed by atoms with E-state index in [0.29, 0.717) is 49.8 Å². The van der Waals surface area contributed by atoms with Gasteiger partial charge in [0.2, 0.25) is 5.95 Å². The molecule has 1 fully saturated rings. The number of nitrogens with one attached hydrogen (secondary N) is 2. The average molecular weight is 517 g/mol. The van der Waals surface area contributed by atoms with Crippen molar-refractivity contribution >= 4 is 28.4 Å². The molecule has 7 rings (SSSR count). The number of benzene rings is 1. The predicted octanol–water partition coefficient (Wildman–Crippen LogP) is 1.91. The van der Waals surface area contributed by atoms with Crippen molar-refractivity contribution in [2.24, 2.45) is 7.05 Å². The van der Waals surface area contributed by atoms with Gasteiger partial charge in [0.15, 0.2) is 11.5 Å². The number of anilines is 2. The van der Waals surface area contributed by atoms with E-state index in [2.05, 4.69) is 42.8 Å². The first-order valence-corrected chi connectivity index (χ1v) is 12.9. The molecule has 0 saturated carbocycles. The van der Waals surface area contributed by atoms with Crippen LogP contribution in [0.4, 0.5) is 11.6 Å². The molecule has 0 spiro atoms. The van der Waals surface area contributed by atoms with Crippen molar-refractivity contribution in [2.45, 2.75) is 38.3 Å². The lowest BCUT2D eigenvalue weighted by molar-refractivity contribution is -0.0949. The molecule has 3 N–H and O–H groups in total. The van der Waals surface area contributed by atoms with Crippen LogP contribution in [0.25, 0.3) is 16.7 Å². The van der Waals surface area contributed by atoms with Crippen LogP contribution in [-0.4, -0.2) is 82.8 Å². The molecule has 0 unspecified atom stereocenters. The predicted molar refractivity (Wildman–Crippen MR) is 142 cm³/mol.